The Morgan fingerprint density at radius 2 is 1.85 bits per heavy atom. The van der Waals surface area contributed by atoms with Crippen LogP contribution in [0, 0.1) is 18.6 Å². The highest BCUT2D eigenvalue weighted by Crippen LogP contribution is 2.30. The van der Waals surface area contributed by atoms with Gasteiger partial charge in [-0.05, 0) is 48.9 Å². The topological polar surface area (TPSA) is 12.0 Å². The molecular weight excluding hydrogens is 280 g/mol. The molecule has 1 N–H and O–H groups in total. The smallest absolute Gasteiger partial charge is 0.128 e. The lowest BCUT2D eigenvalue weighted by molar-refractivity contribution is 0.545. The second-order valence-electron chi connectivity index (χ2n) is 4.68. The van der Waals surface area contributed by atoms with Gasteiger partial charge in [0.25, 0.3) is 0 Å². The molecule has 2 rings (SSSR count). The Kier molecular flexibility index (Phi) is 4.73. The molecule has 0 spiro atoms. The standard InChI is InChI=1S/C16H16ClF2N/c1-3-20-16(12-6-4-10(2)8-14(12)17)13-9-11(18)5-7-15(13)19/h4-9,16,20H,3H2,1-2H3. The van der Waals surface area contributed by atoms with Gasteiger partial charge in [0.2, 0.25) is 0 Å². The molecule has 106 valence electrons. The highest BCUT2D eigenvalue weighted by atomic mass is 35.5. The summed E-state index contributed by atoms with van der Waals surface area (Å²) in [5.41, 5.74) is 2.02. The molecule has 0 radical (unpaired) electrons. The Morgan fingerprint density at radius 3 is 2.50 bits per heavy atom. The van der Waals surface area contributed by atoms with Gasteiger partial charge < -0.3 is 5.32 Å². The summed E-state index contributed by atoms with van der Waals surface area (Å²) in [5, 5.41) is 3.69. The molecule has 1 nitrogen and oxygen atoms in total. The second kappa shape index (κ2) is 6.33. The van der Waals surface area contributed by atoms with E-state index < -0.39 is 17.7 Å². The fourth-order valence-corrected chi connectivity index (χ4v) is 2.54. The van der Waals surface area contributed by atoms with E-state index >= 15 is 0 Å². The SMILES string of the molecule is CCNC(c1cc(F)ccc1F)c1ccc(C)cc1Cl. The molecule has 4 heteroatoms. The molecule has 0 amide bonds. The number of hydrogen-bond donors (Lipinski definition) is 1. The van der Waals surface area contributed by atoms with Crippen LogP contribution in [0.5, 0.6) is 0 Å². The monoisotopic (exact) mass is 295 g/mol. The van der Waals surface area contributed by atoms with Crippen LogP contribution in [0.25, 0.3) is 0 Å². The van der Waals surface area contributed by atoms with Gasteiger partial charge in [-0.25, -0.2) is 8.78 Å². The van der Waals surface area contributed by atoms with Crippen molar-refractivity contribution >= 4 is 11.6 Å². The summed E-state index contributed by atoms with van der Waals surface area (Å²) in [4.78, 5) is 0. The molecule has 0 bridgehead atoms. The third kappa shape index (κ3) is 3.17. The van der Waals surface area contributed by atoms with E-state index in [1.54, 1.807) is 0 Å². The largest absolute Gasteiger partial charge is 0.306 e. The highest BCUT2D eigenvalue weighted by Gasteiger charge is 2.20. The Balaban J connectivity index is 2.53. The van der Waals surface area contributed by atoms with Crippen molar-refractivity contribution in [2.24, 2.45) is 0 Å². The summed E-state index contributed by atoms with van der Waals surface area (Å²) in [6.07, 6.45) is 0. The summed E-state index contributed by atoms with van der Waals surface area (Å²) < 4.78 is 27.4. The Labute approximate surface area is 122 Å². The zero-order valence-corrected chi connectivity index (χ0v) is 12.1. The molecular formula is C16H16ClF2N. The van der Waals surface area contributed by atoms with E-state index in [9.17, 15) is 8.78 Å². The van der Waals surface area contributed by atoms with Crippen LogP contribution in [0.1, 0.15) is 29.7 Å². The van der Waals surface area contributed by atoms with Crippen molar-refractivity contribution in [3.8, 4) is 0 Å². The van der Waals surface area contributed by atoms with Crippen LogP contribution >= 0.6 is 11.6 Å². The van der Waals surface area contributed by atoms with E-state index in [0.29, 0.717) is 11.6 Å². The highest BCUT2D eigenvalue weighted by molar-refractivity contribution is 6.31. The van der Waals surface area contributed by atoms with E-state index in [1.165, 1.54) is 6.07 Å². The Bertz CT molecular complexity index is 613. The van der Waals surface area contributed by atoms with Crippen molar-refractivity contribution in [1.29, 1.82) is 0 Å². The molecule has 1 unspecified atom stereocenters. The fraction of sp³-hybridized carbons (Fsp3) is 0.250. The van der Waals surface area contributed by atoms with Crippen LogP contribution in [0.15, 0.2) is 36.4 Å². The van der Waals surface area contributed by atoms with Gasteiger partial charge in [-0.3, -0.25) is 0 Å². The molecule has 0 saturated carbocycles. The summed E-state index contributed by atoms with van der Waals surface area (Å²) >= 11 is 6.25. The van der Waals surface area contributed by atoms with Gasteiger partial charge in [-0.2, -0.15) is 0 Å². The Hall–Kier alpha value is -1.45. The second-order valence-corrected chi connectivity index (χ2v) is 5.09. The maximum atomic E-state index is 14.0. The van der Waals surface area contributed by atoms with Crippen molar-refractivity contribution in [1.82, 2.24) is 5.32 Å². The van der Waals surface area contributed by atoms with Gasteiger partial charge in [0.05, 0.1) is 6.04 Å². The molecule has 0 aliphatic rings. The van der Waals surface area contributed by atoms with Crippen LogP contribution in [0.3, 0.4) is 0 Å². The molecule has 20 heavy (non-hydrogen) atoms. The maximum Gasteiger partial charge on any atom is 0.128 e. The maximum absolute atomic E-state index is 14.0. The fourth-order valence-electron chi connectivity index (χ4n) is 2.19. The third-order valence-electron chi connectivity index (χ3n) is 3.14. The first-order valence-electron chi connectivity index (χ1n) is 6.47. The molecule has 0 aliphatic heterocycles. The average Bonchev–Trinajstić information content (AvgIpc) is 2.40. The molecule has 0 fully saturated rings. The van der Waals surface area contributed by atoms with Gasteiger partial charge in [0, 0.05) is 10.6 Å². The number of halogens is 3. The van der Waals surface area contributed by atoms with E-state index in [0.717, 1.165) is 23.3 Å². The third-order valence-corrected chi connectivity index (χ3v) is 3.47. The van der Waals surface area contributed by atoms with Crippen LogP contribution in [-0.4, -0.2) is 6.54 Å². The van der Waals surface area contributed by atoms with Gasteiger partial charge in [-0.15, -0.1) is 0 Å². The normalized spacial score (nSPS) is 12.4. The molecule has 0 heterocycles. The zero-order chi connectivity index (χ0) is 14.7. The first-order valence-corrected chi connectivity index (χ1v) is 6.85. The van der Waals surface area contributed by atoms with E-state index in [1.807, 2.05) is 32.0 Å². The minimum absolute atomic E-state index is 0.262. The van der Waals surface area contributed by atoms with Gasteiger partial charge in [-0.1, -0.05) is 30.7 Å². The van der Waals surface area contributed by atoms with Crippen LogP contribution in [0.4, 0.5) is 8.78 Å². The minimum atomic E-state index is -0.469. The predicted octanol–water partition coefficient (Wildman–Crippen LogP) is 4.63. The van der Waals surface area contributed by atoms with E-state index in [4.69, 9.17) is 11.6 Å². The average molecular weight is 296 g/mol. The van der Waals surface area contributed by atoms with Crippen LogP contribution in [0.2, 0.25) is 5.02 Å². The molecule has 1 atom stereocenters. The molecule has 2 aromatic rings. The van der Waals surface area contributed by atoms with Gasteiger partial charge in [0.15, 0.2) is 0 Å². The van der Waals surface area contributed by atoms with Crippen molar-refractivity contribution in [3.05, 3.63) is 69.7 Å². The van der Waals surface area contributed by atoms with Crippen molar-refractivity contribution < 1.29 is 8.78 Å². The predicted molar refractivity (Wildman–Crippen MR) is 78.1 cm³/mol. The molecule has 0 aromatic heterocycles. The summed E-state index contributed by atoms with van der Waals surface area (Å²) in [6.45, 7) is 4.46. The lowest BCUT2D eigenvalue weighted by Gasteiger charge is -2.21. The van der Waals surface area contributed by atoms with Crippen molar-refractivity contribution in [3.63, 3.8) is 0 Å². The van der Waals surface area contributed by atoms with E-state index in [2.05, 4.69) is 5.32 Å². The number of nitrogens with one attached hydrogen (secondary N) is 1. The van der Waals surface area contributed by atoms with Gasteiger partial charge >= 0.3 is 0 Å². The lowest BCUT2D eigenvalue weighted by atomic mass is 9.97. The van der Waals surface area contributed by atoms with Gasteiger partial charge in [0.1, 0.15) is 11.6 Å². The van der Waals surface area contributed by atoms with Crippen LogP contribution < -0.4 is 5.32 Å². The molecule has 0 saturated heterocycles. The number of rotatable bonds is 4. The zero-order valence-electron chi connectivity index (χ0n) is 11.4. The Morgan fingerprint density at radius 1 is 1.10 bits per heavy atom. The summed E-state index contributed by atoms with van der Waals surface area (Å²) in [6, 6.07) is 8.55. The van der Waals surface area contributed by atoms with E-state index in [-0.39, 0.29) is 5.56 Å². The number of benzene rings is 2. The summed E-state index contributed by atoms with van der Waals surface area (Å²) in [7, 11) is 0. The quantitative estimate of drug-likeness (QED) is 0.867. The molecule has 2 aromatic carbocycles. The molecule has 0 aliphatic carbocycles. The minimum Gasteiger partial charge on any atom is -0.306 e. The van der Waals surface area contributed by atoms with Crippen LogP contribution in [-0.2, 0) is 0 Å². The lowest BCUT2D eigenvalue weighted by Crippen LogP contribution is -2.23. The number of aryl methyl sites for hydroxylation is 1. The van der Waals surface area contributed by atoms with Crippen molar-refractivity contribution in [2.45, 2.75) is 19.9 Å². The number of hydrogen-bond acceptors (Lipinski definition) is 1. The van der Waals surface area contributed by atoms with Crippen molar-refractivity contribution in [2.75, 3.05) is 6.54 Å². The first-order chi connectivity index (χ1) is 9.52. The first kappa shape index (κ1) is 14.9. The summed E-state index contributed by atoms with van der Waals surface area (Å²) in [5.74, 6) is -0.915.